The highest BCUT2D eigenvalue weighted by Crippen LogP contribution is 2.42. The van der Waals surface area contributed by atoms with Crippen molar-refractivity contribution < 1.29 is 29.3 Å². The van der Waals surface area contributed by atoms with E-state index in [-0.39, 0.29) is 28.8 Å². The van der Waals surface area contributed by atoms with E-state index < -0.39 is 11.8 Å². The van der Waals surface area contributed by atoms with Crippen LogP contribution in [0.1, 0.15) is 52.0 Å². The van der Waals surface area contributed by atoms with Gasteiger partial charge in [-0.15, -0.1) is 0 Å². The molecule has 1 aliphatic heterocycles. The van der Waals surface area contributed by atoms with Crippen molar-refractivity contribution in [3.05, 3.63) is 47.1 Å². The number of carbonyl (C=O) groups is 2. The molecule has 2 rings (SSSR count). The monoisotopic (exact) mass is 388 g/mol. The zero-order valence-electron chi connectivity index (χ0n) is 16.8. The van der Waals surface area contributed by atoms with Gasteiger partial charge in [0.2, 0.25) is 0 Å². The highest BCUT2D eigenvalue weighted by Gasteiger charge is 2.43. The predicted molar refractivity (Wildman–Crippen MR) is 105 cm³/mol. The largest absolute Gasteiger partial charge is 0.508 e. The number of methoxy groups -OCH3 is 1. The number of phenolic OH excluding ortho intramolecular Hbond substituents is 2. The molecule has 0 spiro atoms. The van der Waals surface area contributed by atoms with Crippen LogP contribution in [0.4, 0.5) is 0 Å². The van der Waals surface area contributed by atoms with E-state index in [4.69, 9.17) is 9.47 Å². The van der Waals surface area contributed by atoms with Gasteiger partial charge in [-0.25, -0.2) is 4.79 Å². The van der Waals surface area contributed by atoms with E-state index in [2.05, 4.69) is 0 Å². The number of hydrogen-bond acceptors (Lipinski definition) is 6. The Hall–Kier alpha value is -2.60. The first-order valence-electron chi connectivity index (χ1n) is 9.39. The van der Waals surface area contributed by atoms with Gasteiger partial charge in [0.1, 0.15) is 17.3 Å². The number of rotatable bonds is 9. The number of benzene rings is 1. The van der Waals surface area contributed by atoms with Crippen LogP contribution in [0.3, 0.4) is 0 Å². The summed E-state index contributed by atoms with van der Waals surface area (Å²) in [5, 5.41) is 19.8. The summed E-state index contributed by atoms with van der Waals surface area (Å²) in [6.07, 6.45) is 5.84. The van der Waals surface area contributed by atoms with Crippen molar-refractivity contribution in [3.8, 4) is 11.5 Å². The van der Waals surface area contributed by atoms with Crippen LogP contribution in [-0.2, 0) is 24.8 Å². The van der Waals surface area contributed by atoms with E-state index in [1.165, 1.54) is 31.4 Å². The van der Waals surface area contributed by atoms with Crippen LogP contribution in [0.5, 0.6) is 11.5 Å². The molecule has 0 saturated heterocycles. The number of Topliss-reactive ketones (excluding diaryl/α,β-unsaturated/α-hetero) is 1. The topological polar surface area (TPSA) is 93.1 Å². The summed E-state index contributed by atoms with van der Waals surface area (Å²) in [5.74, 6) is -2.01. The lowest BCUT2D eigenvalue weighted by atomic mass is 9.99. The molecule has 1 aromatic carbocycles. The van der Waals surface area contributed by atoms with Gasteiger partial charge in [0, 0.05) is 31.1 Å². The van der Waals surface area contributed by atoms with E-state index in [9.17, 15) is 19.8 Å². The number of carbonyl (C=O) groups excluding carboxylic acids is 2. The van der Waals surface area contributed by atoms with Crippen molar-refractivity contribution in [1.82, 2.24) is 0 Å². The second-order valence-electron chi connectivity index (χ2n) is 7.34. The molecule has 152 valence electrons. The summed E-state index contributed by atoms with van der Waals surface area (Å²) in [6, 6.07) is 3.96. The van der Waals surface area contributed by atoms with Crippen molar-refractivity contribution in [3.63, 3.8) is 0 Å². The summed E-state index contributed by atoms with van der Waals surface area (Å²) in [7, 11) is 1.37. The molecule has 1 aliphatic rings. The molecule has 0 amide bonds. The highest BCUT2D eigenvalue weighted by atomic mass is 16.7. The van der Waals surface area contributed by atoms with Gasteiger partial charge < -0.3 is 19.7 Å². The lowest BCUT2D eigenvalue weighted by Crippen LogP contribution is -2.27. The molecule has 1 aromatic rings. The number of aromatic hydroxyl groups is 2. The molecule has 2 N–H and O–H groups in total. The number of cyclic esters (lactones) is 1. The van der Waals surface area contributed by atoms with Crippen LogP contribution in [-0.4, -0.2) is 29.1 Å². The molecule has 28 heavy (non-hydrogen) atoms. The summed E-state index contributed by atoms with van der Waals surface area (Å²) >= 11 is 0. The van der Waals surface area contributed by atoms with Gasteiger partial charge in [-0.3, -0.25) is 4.79 Å². The number of esters is 1. The average molecular weight is 388 g/mol. The third kappa shape index (κ3) is 5.01. The maximum Gasteiger partial charge on any atom is 0.336 e. The standard InChI is InChI=1S/C22H28O6/c1-14(2)19(24)10-8-15(3)6-5-7-16-13-22(27-4,28-21(16)26)18-12-17(23)9-11-20(18)25/h6,9,11-14,23,25H,5,7-8,10H2,1-4H3/b15-6+/t22-/m0/s1. The summed E-state index contributed by atoms with van der Waals surface area (Å²) < 4.78 is 10.8. The Labute approximate surface area is 165 Å². The molecule has 0 aliphatic carbocycles. The van der Waals surface area contributed by atoms with Crippen LogP contribution in [0.25, 0.3) is 0 Å². The molecular weight excluding hydrogens is 360 g/mol. The highest BCUT2D eigenvalue weighted by molar-refractivity contribution is 5.91. The normalized spacial score (nSPS) is 19.7. The number of phenols is 2. The van der Waals surface area contributed by atoms with E-state index in [0.29, 0.717) is 31.3 Å². The van der Waals surface area contributed by atoms with E-state index >= 15 is 0 Å². The fraction of sp³-hybridized carbons (Fsp3) is 0.455. The first kappa shape index (κ1) is 21.7. The Balaban J connectivity index is 2.07. The van der Waals surface area contributed by atoms with Crippen LogP contribution in [0.2, 0.25) is 0 Å². The van der Waals surface area contributed by atoms with Crippen molar-refractivity contribution in [2.24, 2.45) is 5.92 Å². The quantitative estimate of drug-likeness (QED) is 0.376. The van der Waals surface area contributed by atoms with Gasteiger partial charge in [-0.1, -0.05) is 25.5 Å². The van der Waals surface area contributed by atoms with Crippen molar-refractivity contribution in [2.75, 3.05) is 7.11 Å². The Morgan fingerprint density at radius 1 is 1.29 bits per heavy atom. The van der Waals surface area contributed by atoms with Crippen molar-refractivity contribution in [1.29, 1.82) is 0 Å². The molecular formula is C22H28O6. The maximum absolute atomic E-state index is 12.3. The summed E-state index contributed by atoms with van der Waals surface area (Å²) in [5.41, 5.74) is 1.70. The van der Waals surface area contributed by atoms with Crippen molar-refractivity contribution in [2.45, 2.75) is 52.2 Å². The molecule has 1 heterocycles. The Morgan fingerprint density at radius 2 is 2.00 bits per heavy atom. The van der Waals surface area contributed by atoms with Crippen molar-refractivity contribution >= 4 is 11.8 Å². The Bertz CT molecular complexity index is 805. The SMILES string of the molecule is CO[C@@]1(c2cc(O)ccc2O)C=C(CC/C=C(\C)CCC(=O)C(C)C)C(=O)O1. The van der Waals surface area contributed by atoms with Crippen LogP contribution in [0, 0.1) is 5.92 Å². The fourth-order valence-corrected chi connectivity index (χ4v) is 3.03. The lowest BCUT2D eigenvalue weighted by molar-refractivity contribution is -0.193. The molecule has 0 radical (unpaired) electrons. The van der Waals surface area contributed by atoms with Crippen LogP contribution >= 0.6 is 0 Å². The van der Waals surface area contributed by atoms with Crippen LogP contribution in [0.15, 0.2) is 41.5 Å². The van der Waals surface area contributed by atoms with Gasteiger partial charge in [0.15, 0.2) is 0 Å². The predicted octanol–water partition coefficient (Wildman–Crippen LogP) is 4.11. The zero-order chi connectivity index (χ0) is 20.9. The summed E-state index contributed by atoms with van der Waals surface area (Å²) in [4.78, 5) is 24.0. The van der Waals surface area contributed by atoms with Gasteiger partial charge in [0.25, 0.3) is 5.79 Å². The number of ether oxygens (including phenoxy) is 2. The van der Waals surface area contributed by atoms with Gasteiger partial charge in [-0.05, 0) is 44.4 Å². The van der Waals surface area contributed by atoms with Gasteiger partial charge in [-0.2, -0.15) is 0 Å². The molecule has 6 heteroatoms. The maximum atomic E-state index is 12.3. The Morgan fingerprint density at radius 3 is 2.64 bits per heavy atom. The average Bonchev–Trinajstić information content (AvgIpc) is 2.98. The van der Waals surface area contributed by atoms with Crippen LogP contribution < -0.4 is 0 Å². The molecule has 6 nitrogen and oxygen atoms in total. The van der Waals surface area contributed by atoms with E-state index in [1.807, 2.05) is 26.8 Å². The third-order valence-corrected chi connectivity index (χ3v) is 4.85. The Kier molecular flexibility index (Phi) is 7.02. The minimum Gasteiger partial charge on any atom is -0.508 e. The molecule has 0 bridgehead atoms. The van der Waals surface area contributed by atoms with Gasteiger partial charge >= 0.3 is 5.97 Å². The molecule has 0 unspecified atom stereocenters. The minimum atomic E-state index is -1.56. The summed E-state index contributed by atoms with van der Waals surface area (Å²) in [6.45, 7) is 5.76. The minimum absolute atomic E-state index is 0.0437. The zero-order valence-corrected chi connectivity index (χ0v) is 16.8. The van der Waals surface area contributed by atoms with Gasteiger partial charge in [0.05, 0.1) is 5.56 Å². The van der Waals surface area contributed by atoms with E-state index in [0.717, 1.165) is 5.57 Å². The number of hydrogen-bond donors (Lipinski definition) is 2. The first-order valence-corrected chi connectivity index (χ1v) is 9.39. The second-order valence-corrected chi connectivity index (χ2v) is 7.34. The lowest BCUT2D eigenvalue weighted by Gasteiger charge is -2.25. The number of allylic oxidation sites excluding steroid dienone is 2. The third-order valence-electron chi connectivity index (χ3n) is 4.85. The second kappa shape index (κ2) is 9.06. The smallest absolute Gasteiger partial charge is 0.336 e. The molecule has 0 saturated carbocycles. The van der Waals surface area contributed by atoms with E-state index in [1.54, 1.807) is 0 Å². The number of ketones is 1. The first-order chi connectivity index (χ1) is 13.2. The fourth-order valence-electron chi connectivity index (χ4n) is 3.03. The molecule has 0 aromatic heterocycles. The molecule has 1 atom stereocenters. The molecule has 0 fully saturated rings.